The molecule has 1 saturated heterocycles. The number of esters is 1. The number of hydrogen-bond acceptors (Lipinski definition) is 11. The normalized spacial score (nSPS) is 21.7. The van der Waals surface area contributed by atoms with Crippen LogP contribution in [0.3, 0.4) is 0 Å². The second-order valence-electron chi connectivity index (χ2n) is 6.88. The fourth-order valence-corrected chi connectivity index (χ4v) is 5.17. The minimum Gasteiger partial charge on any atom is -0.459 e. The maximum Gasteiger partial charge on any atom is 0.437 e. The number of nitrogen functional groups attached to an aromatic ring is 1. The highest BCUT2D eigenvalue weighted by Gasteiger charge is 2.37. The molecule has 176 valence electrons. The number of nitriles is 1. The molecule has 14 heteroatoms. The van der Waals surface area contributed by atoms with E-state index >= 15 is 0 Å². The second-order valence-corrected chi connectivity index (χ2v) is 10.8. The molecule has 0 aliphatic carbocycles. The highest BCUT2D eigenvalue weighted by atomic mass is 32.7. The van der Waals surface area contributed by atoms with Crippen LogP contribution >= 0.6 is 18.2 Å². The first-order chi connectivity index (χ1) is 15.7. The van der Waals surface area contributed by atoms with Gasteiger partial charge >= 0.3 is 18.5 Å². The Balaban J connectivity index is 1.68. The van der Waals surface area contributed by atoms with Gasteiger partial charge in [0.25, 0.3) is 0 Å². The molecule has 1 aliphatic rings. The Hall–Kier alpha value is -2.88. The number of carbonyl (C=O) groups is 1. The molecule has 33 heavy (non-hydrogen) atoms. The fraction of sp³-hybridized carbons (Fsp3) is 0.368. The molecule has 0 bridgehead atoms. The van der Waals surface area contributed by atoms with Crippen LogP contribution in [0.1, 0.15) is 29.4 Å². The summed E-state index contributed by atoms with van der Waals surface area (Å²) in [5.74, 6) is -1.27. The van der Waals surface area contributed by atoms with E-state index in [2.05, 4.69) is 4.98 Å². The average molecular weight is 496 g/mol. The van der Waals surface area contributed by atoms with Crippen LogP contribution in [0.15, 0.2) is 41.3 Å². The van der Waals surface area contributed by atoms with Crippen molar-refractivity contribution in [3.05, 3.63) is 52.6 Å². The summed E-state index contributed by atoms with van der Waals surface area (Å²) in [6.45, 7) is -4.49. The summed E-state index contributed by atoms with van der Waals surface area (Å²) >= 11 is 0.533. The Labute approximate surface area is 192 Å². The number of ether oxygens (including phenoxy) is 2. The van der Waals surface area contributed by atoms with E-state index in [1.54, 1.807) is 30.3 Å². The molecule has 4 atom stereocenters. The van der Waals surface area contributed by atoms with Crippen molar-refractivity contribution in [2.75, 3.05) is 18.1 Å². The number of benzene rings is 1. The summed E-state index contributed by atoms with van der Waals surface area (Å²) in [4.78, 5) is 37.9. The maximum atomic E-state index is 12.3. The van der Waals surface area contributed by atoms with Crippen LogP contribution in [-0.4, -0.2) is 50.1 Å². The van der Waals surface area contributed by atoms with Gasteiger partial charge < -0.3 is 29.7 Å². The zero-order valence-corrected chi connectivity index (χ0v) is 18.9. The average Bonchev–Trinajstić information content (AvgIpc) is 3.14. The van der Waals surface area contributed by atoms with Gasteiger partial charge in [0.05, 0.1) is 23.9 Å². The Morgan fingerprint density at radius 3 is 2.85 bits per heavy atom. The van der Waals surface area contributed by atoms with Crippen LogP contribution in [0.25, 0.3) is 0 Å². The number of carbonyl (C=O) groups excluding carboxylic acids is 1. The van der Waals surface area contributed by atoms with Crippen LogP contribution < -0.4 is 15.9 Å². The van der Waals surface area contributed by atoms with Crippen LogP contribution in [0.5, 0.6) is 5.75 Å². The molecule has 4 N–H and O–H groups in total. The van der Waals surface area contributed by atoms with Gasteiger partial charge in [-0.05, 0) is 23.5 Å². The molecule has 1 aromatic carbocycles. The summed E-state index contributed by atoms with van der Waals surface area (Å²) in [5.41, 5.74) is 5.16. The Kier molecular flexibility index (Phi) is 8.12. The molecule has 1 unspecified atom stereocenters. The molecule has 1 aliphatic heterocycles. The Morgan fingerprint density at radius 2 is 2.15 bits per heavy atom. The number of nitrogens with two attached hydrogens (primary N) is 1. The highest BCUT2D eigenvalue weighted by Crippen LogP contribution is 2.56. The first kappa shape index (κ1) is 24.8. The molecule has 2 heterocycles. The molecular weight excluding hydrogens is 475 g/mol. The van der Waals surface area contributed by atoms with Crippen molar-refractivity contribution < 1.29 is 33.4 Å². The van der Waals surface area contributed by atoms with Gasteiger partial charge in [-0.15, -0.1) is 0 Å². The molecule has 0 amide bonds. The standard InChI is InChI=1S/C19H21N4O8PS/c20-7-4-8-33-32(27,28)31-14-10-23(19(26)22-17(14)21)16-9-13(24)15(30-16)11-29-18(25)12-5-2-1-3-6-12/h1-3,5-6,10,13,15-16,24H,4,8-9,11H2,(H,27,28)(H2,21,22,26)/t13-,15+,16+/m0/s1. The van der Waals surface area contributed by atoms with Crippen molar-refractivity contribution >= 4 is 30.0 Å². The lowest BCUT2D eigenvalue weighted by atomic mass is 10.2. The Bertz CT molecular complexity index is 1140. The lowest BCUT2D eigenvalue weighted by molar-refractivity contribution is -0.0532. The third-order valence-electron chi connectivity index (χ3n) is 4.53. The zero-order valence-electron chi connectivity index (χ0n) is 17.1. The van der Waals surface area contributed by atoms with Crippen LogP contribution in [-0.2, 0) is 14.0 Å². The van der Waals surface area contributed by atoms with Crippen molar-refractivity contribution in [2.24, 2.45) is 0 Å². The predicted octanol–water partition coefficient (Wildman–Crippen LogP) is 1.46. The smallest absolute Gasteiger partial charge is 0.437 e. The van der Waals surface area contributed by atoms with Gasteiger partial charge in [0.2, 0.25) is 0 Å². The highest BCUT2D eigenvalue weighted by molar-refractivity contribution is 8.54. The van der Waals surface area contributed by atoms with Gasteiger partial charge in [-0.25, -0.2) is 14.2 Å². The van der Waals surface area contributed by atoms with Crippen molar-refractivity contribution in [1.82, 2.24) is 9.55 Å². The van der Waals surface area contributed by atoms with Gasteiger partial charge in [-0.3, -0.25) is 4.57 Å². The van der Waals surface area contributed by atoms with E-state index in [0.717, 1.165) is 10.8 Å². The van der Waals surface area contributed by atoms with Gasteiger partial charge in [-0.1, -0.05) is 18.2 Å². The van der Waals surface area contributed by atoms with Gasteiger partial charge in [0.15, 0.2) is 11.6 Å². The second kappa shape index (κ2) is 10.8. The summed E-state index contributed by atoms with van der Waals surface area (Å²) in [6.07, 6.45) is -1.91. The van der Waals surface area contributed by atoms with Gasteiger partial charge in [0.1, 0.15) is 18.9 Å². The van der Waals surface area contributed by atoms with Crippen molar-refractivity contribution in [2.45, 2.75) is 31.3 Å². The molecule has 0 radical (unpaired) electrons. The van der Waals surface area contributed by atoms with Crippen molar-refractivity contribution in [1.29, 1.82) is 5.26 Å². The topological polar surface area (TPSA) is 187 Å². The number of aliphatic hydroxyl groups excluding tert-OH is 1. The lowest BCUT2D eigenvalue weighted by Crippen LogP contribution is -2.29. The minimum atomic E-state index is -4.23. The van der Waals surface area contributed by atoms with Crippen LogP contribution in [0, 0.1) is 11.3 Å². The van der Waals surface area contributed by atoms with Crippen LogP contribution in [0.2, 0.25) is 0 Å². The van der Waals surface area contributed by atoms with E-state index in [1.165, 1.54) is 0 Å². The lowest BCUT2D eigenvalue weighted by Gasteiger charge is -2.18. The molecule has 0 saturated carbocycles. The van der Waals surface area contributed by atoms with E-state index in [9.17, 15) is 24.2 Å². The first-order valence-corrected chi connectivity index (χ1v) is 12.8. The molecule has 12 nitrogen and oxygen atoms in total. The SMILES string of the molecule is N#CCCSP(=O)(O)Oc1cn([C@H]2C[C@H](O)[C@@H](COC(=O)c3ccccc3)O2)c(=O)nc1N. The zero-order chi connectivity index (χ0) is 24.0. The van der Waals surface area contributed by atoms with Gasteiger partial charge in [-0.2, -0.15) is 10.2 Å². The monoisotopic (exact) mass is 496 g/mol. The number of anilines is 1. The summed E-state index contributed by atoms with van der Waals surface area (Å²) in [5, 5.41) is 18.9. The first-order valence-electron chi connectivity index (χ1n) is 9.68. The molecule has 3 rings (SSSR count). The van der Waals surface area contributed by atoms with E-state index in [4.69, 9.17) is 25.0 Å². The van der Waals surface area contributed by atoms with E-state index in [-0.39, 0.29) is 31.0 Å². The number of hydrogen-bond donors (Lipinski definition) is 3. The number of aromatic nitrogens is 2. The molecule has 1 fully saturated rings. The Morgan fingerprint density at radius 1 is 1.42 bits per heavy atom. The third-order valence-corrected chi connectivity index (χ3v) is 7.42. The number of rotatable bonds is 9. The summed E-state index contributed by atoms with van der Waals surface area (Å²) < 4.78 is 29.0. The van der Waals surface area contributed by atoms with E-state index in [0.29, 0.717) is 16.9 Å². The van der Waals surface area contributed by atoms with E-state index < -0.39 is 42.7 Å². The van der Waals surface area contributed by atoms with E-state index in [1.807, 2.05) is 6.07 Å². The molecule has 2 aromatic rings. The summed E-state index contributed by atoms with van der Waals surface area (Å²) in [6, 6.07) is 10.1. The van der Waals surface area contributed by atoms with Crippen molar-refractivity contribution in [3.8, 4) is 11.8 Å². The predicted molar refractivity (Wildman–Crippen MR) is 117 cm³/mol. The third kappa shape index (κ3) is 6.56. The number of aliphatic hydroxyl groups is 1. The van der Waals surface area contributed by atoms with Crippen LogP contribution in [0.4, 0.5) is 5.82 Å². The minimum absolute atomic E-state index is 0.0355. The summed E-state index contributed by atoms with van der Waals surface area (Å²) in [7, 11) is 0. The quantitative estimate of drug-likeness (QED) is 0.258. The largest absolute Gasteiger partial charge is 0.459 e. The van der Waals surface area contributed by atoms with Crippen molar-refractivity contribution in [3.63, 3.8) is 0 Å². The number of nitrogens with zero attached hydrogens (tertiary/aromatic N) is 3. The molecular formula is C19H21N4O8PS. The van der Waals surface area contributed by atoms with Gasteiger partial charge in [0, 0.05) is 18.6 Å². The molecule has 1 aromatic heterocycles. The molecule has 0 spiro atoms. The fourth-order valence-electron chi connectivity index (χ4n) is 2.95. The maximum absolute atomic E-state index is 12.3.